The van der Waals surface area contributed by atoms with Crippen LogP contribution in [0.5, 0.6) is 0 Å². The highest BCUT2D eigenvalue weighted by molar-refractivity contribution is 5.71. The van der Waals surface area contributed by atoms with Crippen molar-refractivity contribution in [3.05, 3.63) is 122 Å². The van der Waals surface area contributed by atoms with Crippen LogP contribution in [-0.4, -0.2) is 37.2 Å². The lowest BCUT2D eigenvalue weighted by molar-refractivity contribution is -0.167. The second kappa shape index (κ2) is 66.3. The van der Waals surface area contributed by atoms with E-state index in [1.54, 1.807) is 0 Å². The summed E-state index contributed by atoms with van der Waals surface area (Å²) >= 11 is 0. The molecule has 0 rings (SSSR count). The Labute approximate surface area is 488 Å². The molecule has 1 atom stereocenters. The molecule has 1 unspecified atom stereocenters. The van der Waals surface area contributed by atoms with Gasteiger partial charge in [-0.05, 0) is 109 Å². The maximum atomic E-state index is 12.9. The Morgan fingerprint density at radius 3 is 0.835 bits per heavy atom. The largest absolute Gasteiger partial charge is 0.462 e. The second-order valence-corrected chi connectivity index (χ2v) is 21.6. The molecule has 0 amide bonds. The third kappa shape index (κ3) is 64.5. The zero-order valence-electron chi connectivity index (χ0n) is 51.6. The molecular formula is C73H122O6. The van der Waals surface area contributed by atoms with Crippen LogP contribution in [0.3, 0.4) is 0 Å². The van der Waals surface area contributed by atoms with E-state index < -0.39 is 6.10 Å². The van der Waals surface area contributed by atoms with Crippen LogP contribution < -0.4 is 0 Å². The summed E-state index contributed by atoms with van der Waals surface area (Å²) in [5.74, 6) is -0.910. The minimum Gasteiger partial charge on any atom is -0.462 e. The minimum atomic E-state index is -0.790. The van der Waals surface area contributed by atoms with Gasteiger partial charge < -0.3 is 14.2 Å². The number of carbonyl (C=O) groups excluding carboxylic acids is 3. The van der Waals surface area contributed by atoms with Gasteiger partial charge in [0.2, 0.25) is 0 Å². The second-order valence-electron chi connectivity index (χ2n) is 21.6. The van der Waals surface area contributed by atoms with Gasteiger partial charge in [0.25, 0.3) is 0 Å². The summed E-state index contributed by atoms with van der Waals surface area (Å²) in [5, 5.41) is 0. The molecule has 0 aromatic carbocycles. The van der Waals surface area contributed by atoms with Gasteiger partial charge in [0.05, 0.1) is 0 Å². The molecule has 0 bridgehead atoms. The highest BCUT2D eigenvalue weighted by Crippen LogP contribution is 2.16. The number of carbonyl (C=O) groups is 3. The first-order chi connectivity index (χ1) is 39.0. The van der Waals surface area contributed by atoms with Crippen LogP contribution in [0.15, 0.2) is 122 Å². The normalized spacial score (nSPS) is 12.9. The van der Waals surface area contributed by atoms with Crippen LogP contribution in [0.4, 0.5) is 0 Å². The SMILES string of the molecule is CC/C=C\C/C=C\C/C=C\C/C=C\C/C=C\C/C=C\C/C=C\C/C=C\C/C=C\CCCCCCCC(=O)OCC(COC(=O)CCCCCCC/C=C\CCC)OC(=O)CCCCCCCCCCCCCCCCCCCC. The van der Waals surface area contributed by atoms with Crippen LogP contribution in [0, 0.1) is 0 Å². The summed E-state index contributed by atoms with van der Waals surface area (Å²) in [6.45, 7) is 6.46. The Kier molecular flexibility index (Phi) is 62.8. The molecule has 0 fully saturated rings. The van der Waals surface area contributed by atoms with Gasteiger partial charge >= 0.3 is 17.9 Å². The first-order valence-corrected chi connectivity index (χ1v) is 33.0. The summed E-state index contributed by atoms with van der Waals surface area (Å²) in [6.07, 6.45) is 92.2. The fourth-order valence-electron chi connectivity index (χ4n) is 9.03. The Morgan fingerprint density at radius 1 is 0.266 bits per heavy atom. The monoisotopic (exact) mass is 1090 g/mol. The minimum absolute atomic E-state index is 0.0878. The third-order valence-corrected chi connectivity index (χ3v) is 13.9. The Hall–Kier alpha value is -4.19. The number of ether oxygens (including phenoxy) is 3. The summed E-state index contributed by atoms with van der Waals surface area (Å²) in [5.41, 5.74) is 0. The van der Waals surface area contributed by atoms with Gasteiger partial charge in [0, 0.05) is 19.3 Å². The molecule has 0 aliphatic carbocycles. The number of rotatable bonds is 59. The predicted molar refractivity (Wildman–Crippen MR) is 343 cm³/mol. The molecule has 0 saturated heterocycles. The fourth-order valence-corrected chi connectivity index (χ4v) is 9.03. The van der Waals surface area contributed by atoms with Crippen molar-refractivity contribution in [2.45, 2.75) is 309 Å². The van der Waals surface area contributed by atoms with Gasteiger partial charge in [0.1, 0.15) is 13.2 Å². The molecule has 79 heavy (non-hydrogen) atoms. The highest BCUT2D eigenvalue weighted by Gasteiger charge is 2.19. The number of esters is 3. The van der Waals surface area contributed by atoms with Crippen molar-refractivity contribution in [2.24, 2.45) is 0 Å². The van der Waals surface area contributed by atoms with E-state index in [9.17, 15) is 14.4 Å². The van der Waals surface area contributed by atoms with Crippen molar-refractivity contribution < 1.29 is 28.6 Å². The van der Waals surface area contributed by atoms with E-state index in [4.69, 9.17) is 14.2 Å². The summed E-state index contributed by atoms with van der Waals surface area (Å²) in [4.78, 5) is 38.2. The van der Waals surface area contributed by atoms with E-state index in [2.05, 4.69) is 142 Å². The third-order valence-electron chi connectivity index (χ3n) is 13.9. The smallest absolute Gasteiger partial charge is 0.306 e. The van der Waals surface area contributed by atoms with Crippen LogP contribution in [-0.2, 0) is 28.6 Å². The first kappa shape index (κ1) is 74.8. The molecule has 0 saturated carbocycles. The quantitative estimate of drug-likeness (QED) is 0.0261. The lowest BCUT2D eigenvalue weighted by Gasteiger charge is -2.18. The molecule has 0 aromatic rings. The first-order valence-electron chi connectivity index (χ1n) is 33.0. The van der Waals surface area contributed by atoms with Crippen LogP contribution in [0.25, 0.3) is 0 Å². The Bertz CT molecular complexity index is 1640. The fraction of sp³-hybridized carbons (Fsp3) is 0.685. The van der Waals surface area contributed by atoms with E-state index in [-0.39, 0.29) is 31.1 Å². The lowest BCUT2D eigenvalue weighted by atomic mass is 10.0. The standard InChI is InChI=1S/C73H122O6/c1-4-7-10-13-16-19-22-24-26-28-30-31-32-33-34-35-36-37-38-39-40-41-42-43-44-46-47-49-51-54-57-60-63-66-72(75)78-69-70(68-77-71(74)65-62-59-56-53-21-18-15-12-9-6-3)79-73(76)67-64-61-58-55-52-50-48-45-29-27-25-23-20-17-14-11-8-5-2/h7,10,12,15-16,19,24,26,30-31,33-34,36-37,39-40,42-43,46-47,70H,4-6,8-9,11,13-14,17-18,20-23,25,27-29,32,35,38,41,44-45,48-69H2,1-3H3/b10-7-,15-12-,19-16-,26-24-,31-30-,34-33-,37-36-,40-39-,43-42-,47-46-. The van der Waals surface area contributed by atoms with Crippen LogP contribution in [0.1, 0.15) is 303 Å². The number of hydrogen-bond donors (Lipinski definition) is 0. The van der Waals surface area contributed by atoms with Crippen molar-refractivity contribution in [3.8, 4) is 0 Å². The van der Waals surface area contributed by atoms with Gasteiger partial charge in [0.15, 0.2) is 6.10 Å². The number of unbranched alkanes of at least 4 members (excludes halogenated alkanes) is 28. The molecule has 6 nitrogen and oxygen atoms in total. The van der Waals surface area contributed by atoms with E-state index in [1.165, 1.54) is 109 Å². The zero-order valence-corrected chi connectivity index (χ0v) is 51.6. The van der Waals surface area contributed by atoms with Gasteiger partial charge in [-0.25, -0.2) is 0 Å². The van der Waals surface area contributed by atoms with Crippen molar-refractivity contribution in [2.75, 3.05) is 13.2 Å². The van der Waals surface area contributed by atoms with E-state index in [0.29, 0.717) is 19.3 Å². The van der Waals surface area contributed by atoms with Gasteiger partial charge in [-0.1, -0.05) is 296 Å². The summed E-state index contributed by atoms with van der Waals surface area (Å²) in [6, 6.07) is 0. The average molecular weight is 1100 g/mol. The van der Waals surface area contributed by atoms with E-state index in [0.717, 1.165) is 154 Å². The van der Waals surface area contributed by atoms with Crippen LogP contribution in [0.2, 0.25) is 0 Å². The molecule has 450 valence electrons. The van der Waals surface area contributed by atoms with Gasteiger partial charge in [-0.2, -0.15) is 0 Å². The molecule has 0 aromatic heterocycles. The van der Waals surface area contributed by atoms with Crippen molar-refractivity contribution >= 4 is 17.9 Å². The van der Waals surface area contributed by atoms with Crippen molar-refractivity contribution in [3.63, 3.8) is 0 Å². The van der Waals surface area contributed by atoms with Crippen molar-refractivity contribution in [1.82, 2.24) is 0 Å². The molecule has 0 aliphatic heterocycles. The van der Waals surface area contributed by atoms with Crippen LogP contribution >= 0.6 is 0 Å². The molecule has 0 spiro atoms. The Morgan fingerprint density at radius 2 is 0.519 bits per heavy atom. The van der Waals surface area contributed by atoms with Gasteiger partial charge in [-0.3, -0.25) is 14.4 Å². The van der Waals surface area contributed by atoms with Crippen molar-refractivity contribution in [1.29, 1.82) is 0 Å². The topological polar surface area (TPSA) is 78.9 Å². The number of allylic oxidation sites excluding steroid dienone is 20. The predicted octanol–water partition coefficient (Wildman–Crippen LogP) is 22.8. The van der Waals surface area contributed by atoms with Gasteiger partial charge in [-0.15, -0.1) is 0 Å². The number of hydrogen-bond acceptors (Lipinski definition) is 6. The van der Waals surface area contributed by atoms with E-state index in [1.807, 2.05) is 0 Å². The highest BCUT2D eigenvalue weighted by atomic mass is 16.6. The van der Waals surface area contributed by atoms with E-state index >= 15 is 0 Å². The summed E-state index contributed by atoms with van der Waals surface area (Å²) < 4.78 is 16.9. The Balaban J connectivity index is 4.26. The molecule has 0 heterocycles. The zero-order chi connectivity index (χ0) is 57.1. The molecular weight excluding hydrogens is 973 g/mol. The summed E-state index contributed by atoms with van der Waals surface area (Å²) in [7, 11) is 0. The molecule has 6 heteroatoms. The average Bonchev–Trinajstić information content (AvgIpc) is 3.45. The molecule has 0 aliphatic rings. The maximum absolute atomic E-state index is 12.9. The molecule has 0 radical (unpaired) electrons. The molecule has 0 N–H and O–H groups in total. The lowest BCUT2D eigenvalue weighted by Crippen LogP contribution is -2.30. The maximum Gasteiger partial charge on any atom is 0.306 e.